The molecule has 2 heterocycles. The third kappa shape index (κ3) is 1.74. The number of carboxylic acids is 1. The van der Waals surface area contributed by atoms with Crippen LogP contribution in [0.2, 0.25) is 0 Å². The van der Waals surface area contributed by atoms with Crippen molar-refractivity contribution in [2.24, 2.45) is 0 Å². The Morgan fingerprint density at radius 1 is 1.35 bits per heavy atom. The lowest BCUT2D eigenvalue weighted by Crippen LogP contribution is -2.53. The minimum absolute atomic E-state index is 0.0527. The molecule has 7 nitrogen and oxygen atoms in total. The zero-order chi connectivity index (χ0) is 15.3. The fourth-order valence-corrected chi connectivity index (χ4v) is 2.01. The van der Waals surface area contributed by atoms with Crippen molar-refractivity contribution in [1.82, 2.24) is 10.0 Å². The molecule has 1 aromatic rings. The van der Waals surface area contributed by atoms with E-state index in [2.05, 4.69) is 4.98 Å². The Bertz CT molecular complexity index is 607. The van der Waals surface area contributed by atoms with Crippen LogP contribution in [-0.4, -0.2) is 48.0 Å². The Kier molecular flexibility index (Phi) is 2.98. The topological polar surface area (TPSA) is 99.7 Å². The maximum Gasteiger partial charge on any atom is 0.354 e. The van der Waals surface area contributed by atoms with Gasteiger partial charge in [0.05, 0.1) is 0 Å². The van der Waals surface area contributed by atoms with Crippen molar-refractivity contribution >= 4 is 11.8 Å². The Hall–Kier alpha value is -2.15. The molecule has 108 valence electrons. The second kappa shape index (κ2) is 4.17. The Labute approximate surface area is 116 Å². The van der Waals surface area contributed by atoms with Gasteiger partial charge in [-0.05, 0) is 39.8 Å². The van der Waals surface area contributed by atoms with Crippen LogP contribution >= 0.6 is 0 Å². The molecule has 0 aliphatic carbocycles. The number of carbonyl (C=O) groups is 1. The molecule has 0 spiro atoms. The number of nitrogens with zero attached hydrogens (tertiary/aromatic N) is 3. The van der Waals surface area contributed by atoms with Gasteiger partial charge in [0.15, 0.2) is 11.2 Å². The number of hydroxylamine groups is 3. The van der Waals surface area contributed by atoms with Crippen molar-refractivity contribution in [1.29, 1.82) is 0 Å². The Morgan fingerprint density at radius 2 is 1.95 bits per heavy atom. The van der Waals surface area contributed by atoms with Crippen LogP contribution in [0.4, 0.5) is 0 Å². The maximum atomic E-state index is 12.4. The third-order valence-electron chi connectivity index (χ3n) is 4.12. The summed E-state index contributed by atoms with van der Waals surface area (Å²) in [6.07, 6.45) is 0. The number of rotatable bonds is 2. The summed E-state index contributed by atoms with van der Waals surface area (Å²) < 4.78 is 0.668. The van der Waals surface area contributed by atoms with Crippen molar-refractivity contribution < 1.29 is 19.8 Å². The molecule has 0 aromatic carbocycles. The van der Waals surface area contributed by atoms with Crippen LogP contribution in [0, 0.1) is 5.21 Å². The smallest absolute Gasteiger partial charge is 0.354 e. The quantitative estimate of drug-likeness (QED) is 0.625. The van der Waals surface area contributed by atoms with Gasteiger partial charge >= 0.3 is 11.8 Å². The zero-order valence-electron chi connectivity index (χ0n) is 11.8. The van der Waals surface area contributed by atoms with Gasteiger partial charge in [-0.3, -0.25) is 4.74 Å². The molecule has 0 fully saturated rings. The first kappa shape index (κ1) is 14.3. The number of carboxylic acid groups (broad SMARTS) is 1. The number of pyridine rings is 1. The van der Waals surface area contributed by atoms with Gasteiger partial charge in [0, 0.05) is 0 Å². The molecule has 0 unspecified atom stereocenters. The average Bonchev–Trinajstić information content (AvgIpc) is 2.49. The SMILES string of the molecule is CC1(C)N(O)C(c2cccc(C(=O)O)n2)=[N+]([O-])C1(C)C. The van der Waals surface area contributed by atoms with Gasteiger partial charge < -0.3 is 10.3 Å². The predicted octanol–water partition coefficient (Wildman–Crippen LogP) is 1.30. The Balaban J connectivity index is 2.61. The largest absolute Gasteiger partial charge is 0.714 e. The van der Waals surface area contributed by atoms with E-state index in [-0.39, 0.29) is 17.2 Å². The van der Waals surface area contributed by atoms with Crippen molar-refractivity contribution in [2.45, 2.75) is 38.8 Å². The standard InChI is InChI=1S/C13H17N3O4/c1-12(2)13(3,4)16(20)10(15(12)19)8-6-5-7-9(14-8)11(17)18/h5-7,19H,1-4H3,(H,17,18). The van der Waals surface area contributed by atoms with Gasteiger partial charge in [-0.2, -0.15) is 0 Å². The summed E-state index contributed by atoms with van der Waals surface area (Å²) in [5.41, 5.74) is -1.79. The van der Waals surface area contributed by atoms with Crippen LogP contribution in [0.3, 0.4) is 0 Å². The summed E-state index contributed by atoms with van der Waals surface area (Å²) in [7, 11) is 0. The molecule has 0 saturated heterocycles. The number of aromatic carboxylic acids is 1. The minimum Gasteiger partial charge on any atom is -0.714 e. The van der Waals surface area contributed by atoms with Crippen LogP contribution in [0.5, 0.6) is 0 Å². The van der Waals surface area contributed by atoms with E-state index in [1.54, 1.807) is 27.7 Å². The normalized spacial score (nSPS) is 20.4. The molecule has 0 atom stereocenters. The molecule has 2 rings (SSSR count). The molecule has 20 heavy (non-hydrogen) atoms. The molecule has 0 radical (unpaired) electrons. The van der Waals surface area contributed by atoms with Gasteiger partial charge in [0.1, 0.15) is 11.2 Å². The van der Waals surface area contributed by atoms with E-state index >= 15 is 0 Å². The molecular weight excluding hydrogens is 262 g/mol. The van der Waals surface area contributed by atoms with Gasteiger partial charge in [0.2, 0.25) is 0 Å². The zero-order valence-corrected chi connectivity index (χ0v) is 11.8. The summed E-state index contributed by atoms with van der Waals surface area (Å²) in [6.45, 7) is 6.87. The van der Waals surface area contributed by atoms with Gasteiger partial charge in [-0.25, -0.2) is 15.0 Å². The lowest BCUT2D eigenvalue weighted by atomic mass is 9.84. The van der Waals surface area contributed by atoms with E-state index in [1.807, 2.05) is 0 Å². The number of hydrogen-bond acceptors (Lipinski definition) is 5. The predicted molar refractivity (Wildman–Crippen MR) is 70.7 cm³/mol. The molecule has 1 aliphatic rings. The molecular formula is C13H17N3O4. The third-order valence-corrected chi connectivity index (χ3v) is 4.12. The summed E-state index contributed by atoms with van der Waals surface area (Å²) in [4.78, 5) is 14.9. The lowest BCUT2D eigenvalue weighted by molar-refractivity contribution is -0.539. The molecule has 0 saturated carbocycles. The van der Waals surface area contributed by atoms with E-state index < -0.39 is 17.0 Å². The summed E-state index contributed by atoms with van der Waals surface area (Å²) >= 11 is 0. The minimum atomic E-state index is -1.19. The number of hydrogen-bond donors (Lipinski definition) is 2. The highest BCUT2D eigenvalue weighted by molar-refractivity contribution is 5.95. The summed E-state index contributed by atoms with van der Waals surface area (Å²) in [6, 6.07) is 4.31. The van der Waals surface area contributed by atoms with Crippen molar-refractivity contribution in [2.75, 3.05) is 0 Å². The van der Waals surface area contributed by atoms with E-state index in [4.69, 9.17) is 5.11 Å². The Morgan fingerprint density at radius 3 is 2.40 bits per heavy atom. The molecule has 1 aromatic heterocycles. The van der Waals surface area contributed by atoms with E-state index in [0.717, 1.165) is 5.06 Å². The molecule has 0 bridgehead atoms. The summed E-state index contributed by atoms with van der Waals surface area (Å²) in [5, 5.41) is 32.5. The van der Waals surface area contributed by atoms with E-state index in [9.17, 15) is 15.2 Å². The fourth-order valence-electron chi connectivity index (χ4n) is 2.01. The van der Waals surface area contributed by atoms with Crippen LogP contribution in [0.25, 0.3) is 0 Å². The monoisotopic (exact) mass is 279 g/mol. The first-order valence-corrected chi connectivity index (χ1v) is 6.15. The summed E-state index contributed by atoms with van der Waals surface area (Å²) in [5.74, 6) is -1.24. The highest BCUT2D eigenvalue weighted by Crippen LogP contribution is 2.36. The maximum absolute atomic E-state index is 12.4. The average molecular weight is 279 g/mol. The van der Waals surface area contributed by atoms with Crippen LogP contribution in [0.15, 0.2) is 18.2 Å². The van der Waals surface area contributed by atoms with E-state index in [0.29, 0.717) is 4.74 Å². The molecule has 0 amide bonds. The molecule has 7 heteroatoms. The van der Waals surface area contributed by atoms with Crippen molar-refractivity contribution in [3.8, 4) is 0 Å². The van der Waals surface area contributed by atoms with Gasteiger partial charge in [0.25, 0.3) is 0 Å². The fraction of sp³-hybridized carbons (Fsp3) is 0.462. The molecule has 2 N–H and O–H groups in total. The first-order chi connectivity index (χ1) is 9.10. The number of aromatic nitrogens is 1. The van der Waals surface area contributed by atoms with Gasteiger partial charge in [-0.1, -0.05) is 6.07 Å². The van der Waals surface area contributed by atoms with E-state index in [1.165, 1.54) is 18.2 Å². The second-order valence-corrected chi connectivity index (χ2v) is 5.76. The van der Waals surface area contributed by atoms with Crippen LogP contribution in [-0.2, 0) is 0 Å². The van der Waals surface area contributed by atoms with Crippen molar-refractivity contribution in [3.05, 3.63) is 34.8 Å². The van der Waals surface area contributed by atoms with Crippen LogP contribution < -0.4 is 0 Å². The van der Waals surface area contributed by atoms with Gasteiger partial charge in [-0.15, -0.1) is 5.06 Å². The molecule has 1 aliphatic heterocycles. The highest BCUT2D eigenvalue weighted by Gasteiger charge is 2.59. The highest BCUT2D eigenvalue weighted by atomic mass is 16.5. The number of amidine groups is 1. The van der Waals surface area contributed by atoms with Crippen LogP contribution in [0.1, 0.15) is 43.9 Å². The second-order valence-electron chi connectivity index (χ2n) is 5.76. The van der Waals surface area contributed by atoms with Crippen molar-refractivity contribution in [3.63, 3.8) is 0 Å². The first-order valence-electron chi connectivity index (χ1n) is 6.15. The lowest BCUT2D eigenvalue weighted by Gasteiger charge is -2.33.